The van der Waals surface area contributed by atoms with Crippen molar-refractivity contribution in [3.63, 3.8) is 0 Å². The van der Waals surface area contributed by atoms with E-state index in [4.69, 9.17) is 9.84 Å². The number of carboxylic acid groups (broad SMARTS) is 1. The summed E-state index contributed by atoms with van der Waals surface area (Å²) in [5.41, 5.74) is 1.85. The van der Waals surface area contributed by atoms with Gasteiger partial charge in [0, 0.05) is 0 Å². The predicted octanol–water partition coefficient (Wildman–Crippen LogP) is 2.40. The van der Waals surface area contributed by atoms with Crippen LogP contribution in [0.25, 0.3) is 0 Å². The van der Waals surface area contributed by atoms with Gasteiger partial charge in [-0.3, -0.25) is 0 Å². The van der Waals surface area contributed by atoms with Crippen LogP contribution in [-0.2, 0) is 0 Å². The molecule has 0 radical (unpaired) electrons. The molecule has 3 heteroatoms. The average molecular weight is 194 g/mol. The largest absolute Gasteiger partial charge is 0.493 e. The summed E-state index contributed by atoms with van der Waals surface area (Å²) in [6, 6.07) is 3.66. The normalized spacial score (nSPS) is 9.93. The first-order valence-corrected chi connectivity index (χ1v) is 4.54. The van der Waals surface area contributed by atoms with Crippen molar-refractivity contribution in [1.82, 2.24) is 0 Å². The monoisotopic (exact) mass is 194 g/mol. The van der Waals surface area contributed by atoms with E-state index in [1.165, 1.54) is 0 Å². The van der Waals surface area contributed by atoms with Gasteiger partial charge in [0.15, 0.2) is 0 Å². The molecule has 0 unspecified atom stereocenters. The molecule has 3 nitrogen and oxygen atoms in total. The minimum absolute atomic E-state index is 0.270. The summed E-state index contributed by atoms with van der Waals surface area (Å²) in [4.78, 5) is 11.0. The minimum Gasteiger partial charge on any atom is -0.493 e. The van der Waals surface area contributed by atoms with E-state index >= 15 is 0 Å². The first kappa shape index (κ1) is 10.6. The second-order valence-corrected chi connectivity index (χ2v) is 3.14. The van der Waals surface area contributed by atoms with Crippen LogP contribution in [0.4, 0.5) is 0 Å². The number of aromatic carboxylic acids is 1. The quantitative estimate of drug-likeness (QED) is 0.803. The van der Waals surface area contributed by atoms with Crippen molar-refractivity contribution in [2.45, 2.75) is 20.8 Å². The van der Waals surface area contributed by atoms with E-state index in [0.717, 1.165) is 11.1 Å². The van der Waals surface area contributed by atoms with E-state index in [1.807, 2.05) is 19.9 Å². The van der Waals surface area contributed by atoms with Crippen LogP contribution in [0.15, 0.2) is 12.1 Å². The number of hydrogen-bond acceptors (Lipinski definition) is 2. The van der Waals surface area contributed by atoms with Crippen LogP contribution in [-0.4, -0.2) is 17.7 Å². The number of hydrogen-bond donors (Lipinski definition) is 1. The molecule has 0 saturated carbocycles. The van der Waals surface area contributed by atoms with Crippen LogP contribution in [0, 0.1) is 13.8 Å². The Labute approximate surface area is 83.3 Å². The molecule has 0 bridgehead atoms. The number of rotatable bonds is 3. The highest BCUT2D eigenvalue weighted by atomic mass is 16.5. The molecule has 0 aliphatic rings. The summed E-state index contributed by atoms with van der Waals surface area (Å²) in [6.45, 7) is 5.93. The van der Waals surface area contributed by atoms with Gasteiger partial charge in [-0.05, 0) is 31.9 Å². The number of benzene rings is 1. The van der Waals surface area contributed by atoms with Crippen LogP contribution >= 0.6 is 0 Å². The maximum atomic E-state index is 11.0. The summed E-state index contributed by atoms with van der Waals surface area (Å²) in [5.74, 6) is -0.449. The van der Waals surface area contributed by atoms with Gasteiger partial charge in [0.05, 0.1) is 6.61 Å². The first-order chi connectivity index (χ1) is 6.57. The standard InChI is InChI=1S/C11H14O3/c1-4-14-10-8(3)6-5-7(2)9(10)11(12)13/h5-6H,4H2,1-3H3,(H,12,13). The van der Waals surface area contributed by atoms with Gasteiger partial charge in [0.2, 0.25) is 0 Å². The summed E-state index contributed by atoms with van der Waals surface area (Å²) in [6.07, 6.45) is 0. The maximum Gasteiger partial charge on any atom is 0.339 e. The number of aryl methyl sites for hydroxylation is 2. The molecule has 0 heterocycles. The van der Waals surface area contributed by atoms with Crippen LogP contribution in [0.5, 0.6) is 5.75 Å². The predicted molar refractivity (Wildman–Crippen MR) is 54.0 cm³/mol. The number of ether oxygens (including phenoxy) is 1. The molecule has 0 aliphatic heterocycles. The molecule has 0 saturated heterocycles. The lowest BCUT2D eigenvalue weighted by molar-refractivity contribution is 0.0691. The smallest absolute Gasteiger partial charge is 0.339 e. The molecule has 1 aromatic carbocycles. The first-order valence-electron chi connectivity index (χ1n) is 4.54. The van der Waals surface area contributed by atoms with Crippen molar-refractivity contribution in [1.29, 1.82) is 0 Å². The molecule has 1 aromatic rings. The highest BCUT2D eigenvalue weighted by molar-refractivity contribution is 5.93. The van der Waals surface area contributed by atoms with Crippen LogP contribution in [0.1, 0.15) is 28.4 Å². The topological polar surface area (TPSA) is 46.5 Å². The fourth-order valence-corrected chi connectivity index (χ4v) is 1.38. The molecular formula is C11H14O3. The van der Waals surface area contributed by atoms with E-state index in [9.17, 15) is 4.79 Å². The van der Waals surface area contributed by atoms with Gasteiger partial charge in [0.25, 0.3) is 0 Å². The Hall–Kier alpha value is -1.51. The molecule has 0 spiro atoms. The third-order valence-electron chi connectivity index (χ3n) is 2.07. The van der Waals surface area contributed by atoms with Gasteiger partial charge >= 0.3 is 5.97 Å². The lowest BCUT2D eigenvalue weighted by Gasteiger charge is -2.12. The molecule has 1 N–H and O–H groups in total. The number of carboxylic acids is 1. The van der Waals surface area contributed by atoms with Crippen molar-refractivity contribution in [2.75, 3.05) is 6.61 Å². The Morgan fingerprint density at radius 3 is 2.43 bits per heavy atom. The van der Waals surface area contributed by atoms with Gasteiger partial charge in [0.1, 0.15) is 11.3 Å². The molecule has 0 fully saturated rings. The van der Waals surface area contributed by atoms with Crippen LogP contribution in [0.2, 0.25) is 0 Å². The lowest BCUT2D eigenvalue weighted by atomic mass is 10.0. The number of carbonyl (C=O) groups is 1. The molecule has 0 amide bonds. The summed E-state index contributed by atoms with van der Waals surface area (Å²) >= 11 is 0. The molecule has 0 aromatic heterocycles. The van der Waals surface area contributed by atoms with Crippen molar-refractivity contribution in [3.8, 4) is 5.75 Å². The van der Waals surface area contributed by atoms with Gasteiger partial charge in [-0.15, -0.1) is 0 Å². The average Bonchev–Trinajstić information content (AvgIpc) is 2.11. The fraction of sp³-hybridized carbons (Fsp3) is 0.364. The molecule has 0 atom stereocenters. The molecule has 14 heavy (non-hydrogen) atoms. The van der Waals surface area contributed by atoms with Crippen molar-refractivity contribution < 1.29 is 14.6 Å². The van der Waals surface area contributed by atoms with Crippen molar-refractivity contribution in [3.05, 3.63) is 28.8 Å². The maximum absolute atomic E-state index is 11.0. The van der Waals surface area contributed by atoms with Crippen molar-refractivity contribution in [2.24, 2.45) is 0 Å². The van der Waals surface area contributed by atoms with Gasteiger partial charge in [-0.2, -0.15) is 0 Å². The lowest BCUT2D eigenvalue weighted by Crippen LogP contribution is -2.06. The third kappa shape index (κ3) is 1.87. The third-order valence-corrected chi connectivity index (χ3v) is 2.07. The molecular weight excluding hydrogens is 180 g/mol. The van der Waals surface area contributed by atoms with E-state index in [1.54, 1.807) is 13.0 Å². The van der Waals surface area contributed by atoms with E-state index < -0.39 is 5.97 Å². The molecule has 1 rings (SSSR count). The Bertz CT molecular complexity index is 356. The van der Waals surface area contributed by atoms with E-state index in [2.05, 4.69) is 0 Å². The second kappa shape index (κ2) is 4.13. The Balaban J connectivity index is 3.33. The summed E-state index contributed by atoms with van der Waals surface area (Å²) in [5, 5.41) is 9.02. The summed E-state index contributed by atoms with van der Waals surface area (Å²) < 4.78 is 5.33. The highest BCUT2D eigenvalue weighted by Crippen LogP contribution is 2.26. The van der Waals surface area contributed by atoms with Gasteiger partial charge in [-0.25, -0.2) is 4.79 Å². The van der Waals surface area contributed by atoms with E-state index in [-0.39, 0.29) is 5.56 Å². The van der Waals surface area contributed by atoms with Crippen LogP contribution < -0.4 is 4.74 Å². The Kier molecular flexibility index (Phi) is 3.12. The zero-order valence-corrected chi connectivity index (χ0v) is 8.63. The Morgan fingerprint density at radius 2 is 1.93 bits per heavy atom. The highest BCUT2D eigenvalue weighted by Gasteiger charge is 2.16. The minimum atomic E-state index is -0.936. The van der Waals surface area contributed by atoms with Crippen molar-refractivity contribution >= 4 is 5.97 Å². The SMILES string of the molecule is CCOc1c(C)ccc(C)c1C(=O)O. The van der Waals surface area contributed by atoms with Gasteiger partial charge < -0.3 is 9.84 Å². The van der Waals surface area contributed by atoms with Gasteiger partial charge in [-0.1, -0.05) is 12.1 Å². The molecule has 76 valence electrons. The fourth-order valence-electron chi connectivity index (χ4n) is 1.38. The van der Waals surface area contributed by atoms with Crippen LogP contribution in [0.3, 0.4) is 0 Å². The summed E-state index contributed by atoms with van der Waals surface area (Å²) in [7, 11) is 0. The van der Waals surface area contributed by atoms with E-state index in [0.29, 0.717) is 12.4 Å². The second-order valence-electron chi connectivity index (χ2n) is 3.14. The Morgan fingerprint density at radius 1 is 1.36 bits per heavy atom. The zero-order chi connectivity index (χ0) is 10.7. The zero-order valence-electron chi connectivity index (χ0n) is 8.63. The molecule has 0 aliphatic carbocycles.